The van der Waals surface area contributed by atoms with E-state index in [-0.39, 0.29) is 24.5 Å². The first kappa shape index (κ1) is 29.9. The van der Waals surface area contributed by atoms with Crippen LogP contribution in [0.1, 0.15) is 22.3 Å². The zero-order valence-corrected chi connectivity index (χ0v) is 25.6. The number of carbonyl (C=O) groups excluding carboxylic acids is 3. The van der Waals surface area contributed by atoms with Crippen LogP contribution < -0.4 is 19.7 Å². The molecule has 1 aliphatic rings. The molecule has 0 unspecified atom stereocenters. The quantitative estimate of drug-likeness (QED) is 0.137. The van der Waals surface area contributed by atoms with Crippen molar-refractivity contribution in [3.8, 4) is 11.5 Å². The maximum Gasteiger partial charge on any atom is 0.335 e. The predicted octanol–water partition coefficient (Wildman–Crippen LogP) is 8.28. The number of anilines is 1. The van der Waals surface area contributed by atoms with Gasteiger partial charge in [0.05, 0.1) is 5.69 Å². The van der Waals surface area contributed by atoms with Crippen molar-refractivity contribution < 1.29 is 23.9 Å². The fourth-order valence-electron chi connectivity index (χ4n) is 5.07. The van der Waals surface area contributed by atoms with Crippen LogP contribution in [0.3, 0.4) is 0 Å². The van der Waals surface area contributed by atoms with Crippen molar-refractivity contribution >= 4 is 63.6 Å². The van der Waals surface area contributed by atoms with E-state index in [2.05, 4.69) is 11.4 Å². The van der Waals surface area contributed by atoms with Crippen molar-refractivity contribution in [3.05, 3.63) is 141 Å². The van der Waals surface area contributed by atoms with Crippen LogP contribution in [-0.2, 0) is 22.8 Å². The van der Waals surface area contributed by atoms with Crippen LogP contribution in [-0.4, -0.2) is 17.8 Å². The molecule has 45 heavy (non-hydrogen) atoms. The number of hydrogen-bond acceptors (Lipinski definition) is 5. The zero-order valence-electron chi connectivity index (χ0n) is 24.1. The van der Waals surface area contributed by atoms with Crippen LogP contribution in [0.15, 0.2) is 109 Å². The number of imide groups is 2. The van der Waals surface area contributed by atoms with Gasteiger partial charge in [0.15, 0.2) is 0 Å². The SMILES string of the molecule is Cc1ccc2ccccc2c1COc1ccc(Cl)cc1/C=C1\C(=O)NC(=O)N(c2ccc(OCc3ccccc3Cl)cc2)C1=O. The molecule has 224 valence electrons. The summed E-state index contributed by atoms with van der Waals surface area (Å²) in [6.45, 7) is 2.51. The van der Waals surface area contributed by atoms with E-state index in [4.69, 9.17) is 32.7 Å². The summed E-state index contributed by atoms with van der Waals surface area (Å²) in [6.07, 6.45) is 1.38. The summed E-state index contributed by atoms with van der Waals surface area (Å²) in [7, 11) is 0. The maximum atomic E-state index is 13.6. The number of benzene rings is 5. The number of carbonyl (C=O) groups is 3. The minimum absolute atomic E-state index is 0.244. The van der Waals surface area contributed by atoms with E-state index in [0.717, 1.165) is 32.4 Å². The van der Waals surface area contributed by atoms with E-state index in [1.165, 1.54) is 6.08 Å². The van der Waals surface area contributed by atoms with Crippen LogP contribution in [0.2, 0.25) is 10.0 Å². The van der Waals surface area contributed by atoms with E-state index in [1.54, 1.807) is 48.5 Å². The standard InChI is InChI=1S/C36H26Cl2N2O5/c1-22-10-11-23-6-2-4-8-29(23)31(22)21-45-33-17-12-26(37)18-25(33)19-30-34(41)39-36(43)40(35(30)42)27-13-15-28(16-14-27)44-20-24-7-3-5-9-32(24)38/h2-19H,20-21H2,1H3,(H,39,41,43)/b30-19+. The van der Waals surface area contributed by atoms with Gasteiger partial charge in [0.25, 0.3) is 11.8 Å². The molecule has 5 aromatic rings. The molecule has 0 radical (unpaired) electrons. The summed E-state index contributed by atoms with van der Waals surface area (Å²) in [5.74, 6) is -0.679. The Labute approximate surface area is 269 Å². The Morgan fingerprint density at radius 1 is 0.800 bits per heavy atom. The van der Waals surface area contributed by atoms with Crippen molar-refractivity contribution in [3.63, 3.8) is 0 Å². The van der Waals surface area contributed by atoms with Gasteiger partial charge in [0.2, 0.25) is 0 Å². The number of hydrogen-bond donors (Lipinski definition) is 1. The van der Waals surface area contributed by atoms with Gasteiger partial charge in [-0.15, -0.1) is 0 Å². The van der Waals surface area contributed by atoms with Crippen LogP contribution in [0.5, 0.6) is 11.5 Å². The molecule has 0 spiro atoms. The monoisotopic (exact) mass is 636 g/mol. The average Bonchev–Trinajstić information content (AvgIpc) is 3.03. The summed E-state index contributed by atoms with van der Waals surface area (Å²) in [5.41, 5.74) is 3.33. The van der Waals surface area contributed by atoms with Gasteiger partial charge in [-0.25, -0.2) is 9.69 Å². The lowest BCUT2D eigenvalue weighted by molar-refractivity contribution is -0.122. The van der Waals surface area contributed by atoms with E-state index < -0.39 is 17.8 Å². The van der Waals surface area contributed by atoms with Gasteiger partial charge >= 0.3 is 6.03 Å². The topological polar surface area (TPSA) is 84.9 Å². The van der Waals surface area contributed by atoms with Crippen LogP contribution in [0, 0.1) is 6.92 Å². The Morgan fingerprint density at radius 3 is 2.36 bits per heavy atom. The maximum absolute atomic E-state index is 13.6. The summed E-state index contributed by atoms with van der Waals surface area (Å²) in [6, 6.07) is 30.0. The first-order valence-corrected chi connectivity index (χ1v) is 14.8. The highest BCUT2D eigenvalue weighted by atomic mass is 35.5. The zero-order chi connectivity index (χ0) is 31.5. The normalized spacial score (nSPS) is 14.2. The van der Waals surface area contributed by atoms with Gasteiger partial charge in [-0.3, -0.25) is 14.9 Å². The Morgan fingerprint density at radius 2 is 1.56 bits per heavy atom. The minimum Gasteiger partial charge on any atom is -0.489 e. The van der Waals surface area contributed by atoms with Crippen molar-refractivity contribution in [2.24, 2.45) is 0 Å². The third kappa shape index (κ3) is 6.41. The third-order valence-electron chi connectivity index (χ3n) is 7.47. The number of nitrogens with zero attached hydrogens (tertiary/aromatic N) is 1. The number of aryl methyl sites for hydroxylation is 1. The number of urea groups is 1. The van der Waals surface area contributed by atoms with Gasteiger partial charge in [-0.05, 0) is 77.9 Å². The number of ether oxygens (including phenoxy) is 2. The number of barbiturate groups is 1. The van der Waals surface area contributed by atoms with Crippen LogP contribution >= 0.6 is 23.2 Å². The van der Waals surface area contributed by atoms with Crippen molar-refractivity contribution in [1.82, 2.24) is 5.32 Å². The Balaban J connectivity index is 1.24. The van der Waals surface area contributed by atoms with E-state index in [1.807, 2.05) is 55.5 Å². The van der Waals surface area contributed by atoms with Gasteiger partial charge in [-0.2, -0.15) is 0 Å². The lowest BCUT2D eigenvalue weighted by Gasteiger charge is -2.26. The highest BCUT2D eigenvalue weighted by Gasteiger charge is 2.37. The summed E-state index contributed by atoms with van der Waals surface area (Å²) in [5, 5.41) is 5.40. The summed E-state index contributed by atoms with van der Waals surface area (Å²) in [4.78, 5) is 40.2. The molecule has 4 amide bonds. The molecule has 0 aromatic heterocycles. The third-order valence-corrected chi connectivity index (χ3v) is 8.07. The van der Waals surface area contributed by atoms with Gasteiger partial charge in [0, 0.05) is 26.7 Å². The number of nitrogens with one attached hydrogen (secondary N) is 1. The number of rotatable bonds is 8. The van der Waals surface area contributed by atoms with Crippen LogP contribution in [0.4, 0.5) is 10.5 Å². The average molecular weight is 638 g/mol. The highest BCUT2D eigenvalue weighted by Crippen LogP contribution is 2.31. The molecule has 1 saturated heterocycles. The summed E-state index contributed by atoms with van der Waals surface area (Å²) < 4.78 is 12.1. The smallest absolute Gasteiger partial charge is 0.335 e. The Bertz CT molecular complexity index is 1990. The lowest BCUT2D eigenvalue weighted by Crippen LogP contribution is -2.54. The van der Waals surface area contributed by atoms with E-state index in [9.17, 15) is 14.4 Å². The van der Waals surface area contributed by atoms with Gasteiger partial charge < -0.3 is 9.47 Å². The first-order chi connectivity index (χ1) is 21.8. The second-order valence-corrected chi connectivity index (χ2v) is 11.2. The molecule has 0 bridgehead atoms. The second-order valence-electron chi connectivity index (χ2n) is 10.4. The fourth-order valence-corrected chi connectivity index (χ4v) is 5.44. The molecule has 5 aromatic carbocycles. The molecule has 6 rings (SSSR count). The predicted molar refractivity (Wildman–Crippen MR) is 176 cm³/mol. The number of fused-ring (bicyclic) bond motifs is 1. The number of amides is 4. The summed E-state index contributed by atoms with van der Waals surface area (Å²) >= 11 is 12.5. The molecule has 1 aliphatic heterocycles. The second kappa shape index (κ2) is 12.9. The van der Waals surface area contributed by atoms with Crippen molar-refractivity contribution in [2.45, 2.75) is 20.1 Å². The van der Waals surface area contributed by atoms with Crippen molar-refractivity contribution in [1.29, 1.82) is 0 Å². The highest BCUT2D eigenvalue weighted by molar-refractivity contribution is 6.39. The molecule has 0 atom stereocenters. The largest absolute Gasteiger partial charge is 0.489 e. The number of halogens is 2. The Hall–Kier alpha value is -5.11. The molecular formula is C36H26Cl2N2O5. The molecule has 0 aliphatic carbocycles. The van der Waals surface area contributed by atoms with E-state index in [0.29, 0.717) is 27.1 Å². The molecule has 0 saturated carbocycles. The fraction of sp³-hybridized carbons (Fsp3) is 0.0833. The van der Waals surface area contributed by atoms with Crippen molar-refractivity contribution in [2.75, 3.05) is 4.90 Å². The molecule has 1 fully saturated rings. The lowest BCUT2D eigenvalue weighted by atomic mass is 10.0. The first-order valence-electron chi connectivity index (χ1n) is 14.1. The minimum atomic E-state index is -0.860. The molecular weight excluding hydrogens is 611 g/mol. The molecule has 1 N–H and O–H groups in total. The van der Waals surface area contributed by atoms with E-state index >= 15 is 0 Å². The molecule has 9 heteroatoms. The Kier molecular flexibility index (Phi) is 8.56. The molecule has 7 nitrogen and oxygen atoms in total. The van der Waals surface area contributed by atoms with Gasteiger partial charge in [0.1, 0.15) is 30.3 Å². The molecule has 1 heterocycles. The van der Waals surface area contributed by atoms with Gasteiger partial charge in [-0.1, -0.05) is 77.8 Å². The van der Waals surface area contributed by atoms with Crippen LogP contribution in [0.25, 0.3) is 16.8 Å².